The molecule has 1 N–H and O–H groups in total. The molecular formula is C19H19N3O2. The monoisotopic (exact) mass is 321 g/mol. The van der Waals surface area contributed by atoms with Crippen LogP contribution in [0.15, 0.2) is 67.3 Å². The lowest BCUT2D eigenvalue weighted by Gasteiger charge is -2.15. The van der Waals surface area contributed by atoms with Crippen molar-refractivity contribution >= 4 is 5.91 Å². The molecule has 5 nitrogen and oxygen atoms in total. The predicted octanol–water partition coefficient (Wildman–Crippen LogP) is 3.37. The van der Waals surface area contributed by atoms with E-state index in [1.165, 1.54) is 0 Å². The summed E-state index contributed by atoms with van der Waals surface area (Å²) < 4.78 is 7.04. The number of hydrogen-bond donors (Lipinski definition) is 1. The Morgan fingerprint density at radius 2 is 1.83 bits per heavy atom. The van der Waals surface area contributed by atoms with Crippen LogP contribution in [-0.2, 0) is 0 Å². The van der Waals surface area contributed by atoms with Gasteiger partial charge in [0.05, 0.1) is 19.5 Å². The maximum atomic E-state index is 12.3. The summed E-state index contributed by atoms with van der Waals surface area (Å²) >= 11 is 0. The first-order valence-corrected chi connectivity index (χ1v) is 7.70. The molecule has 1 atom stereocenters. The fourth-order valence-electron chi connectivity index (χ4n) is 2.45. The average molecular weight is 321 g/mol. The normalized spacial score (nSPS) is 11.8. The van der Waals surface area contributed by atoms with Gasteiger partial charge in [0.1, 0.15) is 5.75 Å². The lowest BCUT2D eigenvalue weighted by molar-refractivity contribution is 0.0940. The molecule has 0 spiro atoms. The van der Waals surface area contributed by atoms with Crippen LogP contribution in [0.4, 0.5) is 0 Å². The minimum absolute atomic E-state index is 0.0866. The van der Waals surface area contributed by atoms with Gasteiger partial charge in [0, 0.05) is 23.6 Å². The topological polar surface area (TPSA) is 56.1 Å². The number of methoxy groups -OCH3 is 1. The van der Waals surface area contributed by atoms with Crippen LogP contribution in [0.2, 0.25) is 0 Å². The van der Waals surface area contributed by atoms with Gasteiger partial charge in [-0.3, -0.25) is 4.79 Å². The van der Waals surface area contributed by atoms with Gasteiger partial charge in [-0.15, -0.1) is 0 Å². The van der Waals surface area contributed by atoms with Crippen molar-refractivity contribution in [2.75, 3.05) is 7.11 Å². The standard InChI is InChI=1S/C19H19N3O2/c1-14(21-19(23)16-5-9-18(24-2)10-6-16)15-3-7-17(8-4-15)22-12-11-20-13-22/h3-14H,1-2H3,(H,21,23). The highest BCUT2D eigenvalue weighted by atomic mass is 16.5. The maximum Gasteiger partial charge on any atom is 0.251 e. The molecule has 0 radical (unpaired) electrons. The van der Waals surface area contributed by atoms with Crippen molar-refractivity contribution in [3.05, 3.63) is 78.4 Å². The zero-order valence-corrected chi connectivity index (χ0v) is 13.6. The molecule has 0 saturated heterocycles. The molecule has 0 bridgehead atoms. The minimum atomic E-state index is -0.108. The van der Waals surface area contributed by atoms with Gasteiger partial charge in [0.2, 0.25) is 0 Å². The van der Waals surface area contributed by atoms with Crippen LogP contribution in [-0.4, -0.2) is 22.6 Å². The van der Waals surface area contributed by atoms with Crippen LogP contribution in [0, 0.1) is 0 Å². The zero-order valence-electron chi connectivity index (χ0n) is 13.6. The quantitative estimate of drug-likeness (QED) is 0.784. The Hall–Kier alpha value is -3.08. The SMILES string of the molecule is COc1ccc(C(=O)NC(C)c2ccc(-n3ccnc3)cc2)cc1. The Kier molecular flexibility index (Phi) is 4.61. The number of amides is 1. The molecule has 122 valence electrons. The van der Waals surface area contributed by atoms with Gasteiger partial charge in [-0.05, 0) is 48.9 Å². The molecule has 1 heterocycles. The van der Waals surface area contributed by atoms with Crippen LogP contribution < -0.4 is 10.1 Å². The van der Waals surface area contributed by atoms with Gasteiger partial charge in [0.25, 0.3) is 5.91 Å². The molecule has 0 aliphatic heterocycles. The van der Waals surface area contributed by atoms with Crippen molar-refractivity contribution in [3.63, 3.8) is 0 Å². The number of hydrogen-bond acceptors (Lipinski definition) is 3. The fourth-order valence-corrected chi connectivity index (χ4v) is 2.45. The largest absolute Gasteiger partial charge is 0.497 e. The van der Waals surface area contributed by atoms with E-state index < -0.39 is 0 Å². The number of nitrogens with one attached hydrogen (secondary N) is 1. The van der Waals surface area contributed by atoms with Gasteiger partial charge >= 0.3 is 0 Å². The highest BCUT2D eigenvalue weighted by Crippen LogP contribution is 2.17. The van der Waals surface area contributed by atoms with E-state index in [4.69, 9.17) is 4.74 Å². The summed E-state index contributed by atoms with van der Waals surface area (Å²) in [5, 5.41) is 3.01. The van der Waals surface area contributed by atoms with E-state index in [0.717, 1.165) is 17.0 Å². The molecule has 3 rings (SSSR count). The van der Waals surface area contributed by atoms with E-state index in [-0.39, 0.29) is 11.9 Å². The van der Waals surface area contributed by atoms with E-state index >= 15 is 0 Å². The van der Waals surface area contributed by atoms with Crippen LogP contribution in [0.25, 0.3) is 5.69 Å². The smallest absolute Gasteiger partial charge is 0.251 e. The molecule has 1 aromatic heterocycles. The van der Waals surface area contributed by atoms with Gasteiger partial charge in [0.15, 0.2) is 0 Å². The number of nitrogens with zero attached hydrogens (tertiary/aromatic N) is 2. The first-order chi connectivity index (χ1) is 11.7. The molecule has 0 fully saturated rings. The lowest BCUT2D eigenvalue weighted by Crippen LogP contribution is -2.26. The Labute approximate surface area is 140 Å². The van der Waals surface area contributed by atoms with Gasteiger partial charge in [-0.2, -0.15) is 0 Å². The Morgan fingerprint density at radius 1 is 1.12 bits per heavy atom. The van der Waals surface area contributed by atoms with Crippen molar-refractivity contribution < 1.29 is 9.53 Å². The van der Waals surface area contributed by atoms with Crippen LogP contribution in [0.5, 0.6) is 5.75 Å². The Morgan fingerprint density at radius 3 is 2.42 bits per heavy atom. The number of carbonyl (C=O) groups is 1. The fraction of sp³-hybridized carbons (Fsp3) is 0.158. The van der Waals surface area contributed by atoms with Crippen LogP contribution in [0.3, 0.4) is 0 Å². The molecule has 5 heteroatoms. The third-order valence-corrected chi connectivity index (χ3v) is 3.90. The van der Waals surface area contributed by atoms with Gasteiger partial charge in [-0.1, -0.05) is 12.1 Å². The van der Waals surface area contributed by atoms with Crippen molar-refractivity contribution in [2.24, 2.45) is 0 Å². The molecule has 1 amide bonds. The number of carbonyl (C=O) groups excluding carboxylic acids is 1. The van der Waals surface area contributed by atoms with Crippen molar-refractivity contribution in [1.82, 2.24) is 14.9 Å². The predicted molar refractivity (Wildman–Crippen MR) is 92.4 cm³/mol. The molecule has 3 aromatic rings. The van der Waals surface area contributed by atoms with Crippen molar-refractivity contribution in [1.29, 1.82) is 0 Å². The Bertz CT molecular complexity index is 794. The highest BCUT2D eigenvalue weighted by Gasteiger charge is 2.11. The number of rotatable bonds is 5. The third kappa shape index (κ3) is 3.46. The summed E-state index contributed by atoms with van der Waals surface area (Å²) in [5.74, 6) is 0.624. The van der Waals surface area contributed by atoms with Crippen molar-refractivity contribution in [2.45, 2.75) is 13.0 Å². The number of imidazole rings is 1. The molecule has 0 aliphatic rings. The zero-order chi connectivity index (χ0) is 16.9. The third-order valence-electron chi connectivity index (χ3n) is 3.90. The molecule has 24 heavy (non-hydrogen) atoms. The first kappa shape index (κ1) is 15.8. The van der Waals surface area contributed by atoms with E-state index in [9.17, 15) is 4.79 Å². The first-order valence-electron chi connectivity index (χ1n) is 7.70. The average Bonchev–Trinajstić information content (AvgIpc) is 3.16. The number of benzene rings is 2. The lowest BCUT2D eigenvalue weighted by atomic mass is 10.1. The molecule has 0 aliphatic carbocycles. The van der Waals surface area contributed by atoms with Gasteiger partial charge < -0.3 is 14.6 Å². The van der Waals surface area contributed by atoms with Crippen LogP contribution >= 0.6 is 0 Å². The second-order valence-electron chi connectivity index (χ2n) is 5.49. The minimum Gasteiger partial charge on any atom is -0.497 e. The van der Waals surface area contributed by atoms with E-state index in [1.807, 2.05) is 42.0 Å². The van der Waals surface area contributed by atoms with Crippen molar-refractivity contribution in [3.8, 4) is 11.4 Å². The second-order valence-corrected chi connectivity index (χ2v) is 5.49. The molecular weight excluding hydrogens is 302 g/mol. The summed E-state index contributed by atoms with van der Waals surface area (Å²) in [6, 6.07) is 15.0. The molecule has 0 saturated carbocycles. The molecule has 1 unspecified atom stereocenters. The highest BCUT2D eigenvalue weighted by molar-refractivity contribution is 5.94. The second kappa shape index (κ2) is 7.00. The number of aromatic nitrogens is 2. The number of ether oxygens (including phenoxy) is 1. The summed E-state index contributed by atoms with van der Waals surface area (Å²) in [6.07, 6.45) is 5.39. The Balaban J connectivity index is 1.67. The summed E-state index contributed by atoms with van der Waals surface area (Å²) in [6.45, 7) is 1.97. The summed E-state index contributed by atoms with van der Waals surface area (Å²) in [4.78, 5) is 16.4. The van der Waals surface area contributed by atoms with E-state index in [0.29, 0.717) is 5.56 Å². The molecule has 2 aromatic carbocycles. The van der Waals surface area contributed by atoms with E-state index in [1.54, 1.807) is 43.9 Å². The van der Waals surface area contributed by atoms with Gasteiger partial charge in [-0.25, -0.2) is 4.98 Å². The van der Waals surface area contributed by atoms with Crippen LogP contribution in [0.1, 0.15) is 28.9 Å². The summed E-state index contributed by atoms with van der Waals surface area (Å²) in [7, 11) is 1.60. The maximum absolute atomic E-state index is 12.3. The summed E-state index contributed by atoms with van der Waals surface area (Å²) in [5.41, 5.74) is 2.68. The van der Waals surface area contributed by atoms with E-state index in [2.05, 4.69) is 10.3 Å².